The number of thioether (sulfide) groups is 1. The number of anilines is 1. The molecule has 0 bridgehead atoms. The van der Waals surface area contributed by atoms with Crippen molar-refractivity contribution in [3.05, 3.63) is 101 Å². The average molecular weight is 545 g/mol. The third-order valence-corrected chi connectivity index (χ3v) is 7.93. The van der Waals surface area contributed by atoms with E-state index in [2.05, 4.69) is 5.32 Å². The van der Waals surface area contributed by atoms with Gasteiger partial charge in [0.2, 0.25) is 11.8 Å². The van der Waals surface area contributed by atoms with Crippen LogP contribution < -0.4 is 10.2 Å². The van der Waals surface area contributed by atoms with Crippen molar-refractivity contribution in [2.45, 2.75) is 25.5 Å². The number of halogens is 1. The van der Waals surface area contributed by atoms with Crippen LogP contribution in [0.25, 0.3) is 16.9 Å². The van der Waals surface area contributed by atoms with Gasteiger partial charge in [-0.3, -0.25) is 14.5 Å². The predicted molar refractivity (Wildman–Crippen MR) is 155 cm³/mol. The van der Waals surface area contributed by atoms with Crippen molar-refractivity contribution < 1.29 is 9.59 Å². The van der Waals surface area contributed by atoms with Crippen LogP contribution in [0.1, 0.15) is 35.3 Å². The number of carbonyl (C=O) groups is 2. The maximum atomic E-state index is 13.7. The van der Waals surface area contributed by atoms with Gasteiger partial charge in [-0.1, -0.05) is 78.7 Å². The molecule has 4 aromatic rings. The van der Waals surface area contributed by atoms with E-state index in [-0.39, 0.29) is 29.4 Å². The first-order valence-electron chi connectivity index (χ1n) is 12.7. The highest BCUT2D eigenvalue weighted by Gasteiger charge is 2.37. The summed E-state index contributed by atoms with van der Waals surface area (Å²) in [6.07, 6.45) is 0.817. The van der Waals surface area contributed by atoms with Gasteiger partial charge in [-0.15, -0.1) is 11.8 Å². The third kappa shape index (κ3) is 5.35. The van der Waals surface area contributed by atoms with E-state index < -0.39 is 0 Å². The van der Waals surface area contributed by atoms with E-state index in [1.807, 2.05) is 97.4 Å². The molecule has 194 valence electrons. The van der Waals surface area contributed by atoms with Crippen molar-refractivity contribution in [3.63, 3.8) is 0 Å². The van der Waals surface area contributed by atoms with Crippen molar-refractivity contribution >= 4 is 41.0 Å². The monoisotopic (exact) mass is 544 g/mol. The van der Waals surface area contributed by atoms with Gasteiger partial charge >= 0.3 is 0 Å². The summed E-state index contributed by atoms with van der Waals surface area (Å²) in [5.41, 5.74) is 5.51. The minimum Gasteiger partial charge on any atom is -0.355 e. The molecule has 3 aromatic carbocycles. The van der Waals surface area contributed by atoms with Crippen molar-refractivity contribution in [3.8, 4) is 16.9 Å². The largest absolute Gasteiger partial charge is 0.355 e. The Kier molecular flexibility index (Phi) is 7.86. The van der Waals surface area contributed by atoms with Crippen LogP contribution in [0, 0.1) is 6.92 Å². The van der Waals surface area contributed by atoms with Gasteiger partial charge in [0.05, 0.1) is 22.4 Å². The predicted octanol–water partition coefficient (Wildman–Crippen LogP) is 6.20. The highest BCUT2D eigenvalue weighted by atomic mass is 35.5. The summed E-state index contributed by atoms with van der Waals surface area (Å²) in [6, 6.07) is 25.7. The Morgan fingerprint density at radius 3 is 2.55 bits per heavy atom. The maximum Gasteiger partial charge on any atom is 0.240 e. The highest BCUT2D eigenvalue weighted by molar-refractivity contribution is 8.00. The van der Waals surface area contributed by atoms with E-state index >= 15 is 0 Å². The molecule has 1 aliphatic rings. The van der Waals surface area contributed by atoms with E-state index in [9.17, 15) is 9.59 Å². The van der Waals surface area contributed by atoms with Crippen LogP contribution in [0.3, 0.4) is 0 Å². The molecule has 6 nitrogen and oxygen atoms in total. The van der Waals surface area contributed by atoms with Gasteiger partial charge in [-0.05, 0) is 43.2 Å². The second-order valence-corrected chi connectivity index (χ2v) is 10.8. The lowest BCUT2D eigenvalue weighted by Gasteiger charge is -2.23. The molecular weight excluding hydrogens is 516 g/mol. The number of aryl methyl sites for hydroxylation is 1. The molecule has 2 heterocycles. The van der Waals surface area contributed by atoms with Crippen LogP contribution in [0.5, 0.6) is 0 Å². The Morgan fingerprint density at radius 2 is 1.84 bits per heavy atom. The summed E-state index contributed by atoms with van der Waals surface area (Å²) in [5.74, 6) is 0.490. The fourth-order valence-corrected chi connectivity index (χ4v) is 5.98. The zero-order valence-electron chi connectivity index (χ0n) is 21.4. The molecule has 0 saturated heterocycles. The molecule has 1 atom stereocenters. The van der Waals surface area contributed by atoms with Gasteiger partial charge in [0.1, 0.15) is 12.4 Å². The molecule has 0 spiro atoms. The summed E-state index contributed by atoms with van der Waals surface area (Å²) in [4.78, 5) is 28.2. The first-order chi connectivity index (χ1) is 18.5. The molecule has 0 radical (unpaired) electrons. The molecule has 2 amide bonds. The van der Waals surface area contributed by atoms with Crippen LogP contribution in [-0.2, 0) is 9.59 Å². The fraction of sp³-hybridized carbons (Fsp3) is 0.233. The number of fused-ring (bicyclic) bond motifs is 1. The quantitative estimate of drug-likeness (QED) is 0.301. The summed E-state index contributed by atoms with van der Waals surface area (Å²) in [6.45, 7) is 4.50. The first-order valence-corrected chi connectivity index (χ1v) is 14.1. The second kappa shape index (κ2) is 11.5. The van der Waals surface area contributed by atoms with E-state index in [1.54, 1.807) is 4.90 Å². The Morgan fingerprint density at radius 1 is 1.08 bits per heavy atom. The standard InChI is InChI=1S/C30H29ClN4O2S/c1-3-16-32-25(36)18-34-26(37)19-38-29(22-10-7-11-23(31)17-22)27-28(21-8-5-4-6-9-21)33-35(30(27)34)24-14-12-20(2)13-15-24/h4-15,17,29H,3,16,18-19H2,1-2H3,(H,32,36)/t29-/m0/s1. The number of nitrogens with one attached hydrogen (secondary N) is 1. The average Bonchev–Trinajstić information content (AvgIpc) is 3.25. The molecule has 0 fully saturated rings. The number of amides is 2. The Labute approximate surface area is 232 Å². The molecule has 38 heavy (non-hydrogen) atoms. The second-order valence-electron chi connectivity index (χ2n) is 9.28. The number of carbonyl (C=O) groups excluding carboxylic acids is 2. The molecule has 0 unspecified atom stereocenters. The molecule has 0 aliphatic carbocycles. The zero-order chi connectivity index (χ0) is 26.6. The van der Waals surface area contributed by atoms with Gasteiger partial charge in [0.15, 0.2) is 0 Å². The van der Waals surface area contributed by atoms with Crippen LogP contribution in [0.4, 0.5) is 5.82 Å². The third-order valence-electron chi connectivity index (χ3n) is 6.44. The molecule has 0 saturated carbocycles. The lowest BCUT2D eigenvalue weighted by atomic mass is 9.99. The van der Waals surface area contributed by atoms with E-state index in [1.165, 1.54) is 11.8 Å². The fourth-order valence-electron chi connectivity index (χ4n) is 4.59. The Hall–Kier alpha value is -3.55. The molecule has 5 rings (SSSR count). The van der Waals surface area contributed by atoms with Crippen molar-refractivity contribution in [1.29, 1.82) is 0 Å². The minimum absolute atomic E-state index is 0.0829. The number of hydrogen-bond donors (Lipinski definition) is 1. The van der Waals surface area contributed by atoms with Gasteiger partial charge < -0.3 is 5.32 Å². The van der Waals surface area contributed by atoms with Crippen molar-refractivity contribution in [2.24, 2.45) is 0 Å². The zero-order valence-corrected chi connectivity index (χ0v) is 22.9. The van der Waals surface area contributed by atoms with Crippen LogP contribution in [0.2, 0.25) is 5.02 Å². The normalized spacial score (nSPS) is 15.2. The van der Waals surface area contributed by atoms with Gasteiger partial charge in [-0.25, -0.2) is 4.68 Å². The lowest BCUT2D eigenvalue weighted by molar-refractivity contribution is -0.122. The maximum absolute atomic E-state index is 13.7. The Bertz CT molecular complexity index is 1450. The number of hydrogen-bond acceptors (Lipinski definition) is 4. The van der Waals surface area contributed by atoms with E-state index in [4.69, 9.17) is 16.7 Å². The molecule has 1 aromatic heterocycles. The summed E-state index contributed by atoms with van der Waals surface area (Å²) in [7, 11) is 0. The molecule has 8 heteroatoms. The van der Waals surface area contributed by atoms with Crippen LogP contribution in [0.15, 0.2) is 78.9 Å². The number of aromatic nitrogens is 2. The summed E-state index contributed by atoms with van der Waals surface area (Å²) >= 11 is 7.95. The van der Waals surface area contributed by atoms with Gasteiger partial charge in [0, 0.05) is 22.7 Å². The number of nitrogens with zero attached hydrogens (tertiary/aromatic N) is 3. The highest BCUT2D eigenvalue weighted by Crippen LogP contribution is 2.48. The topological polar surface area (TPSA) is 67.2 Å². The van der Waals surface area contributed by atoms with Crippen LogP contribution >= 0.6 is 23.4 Å². The Balaban J connectivity index is 1.78. The summed E-state index contributed by atoms with van der Waals surface area (Å²) in [5, 5.41) is 8.43. The van der Waals surface area contributed by atoms with Crippen LogP contribution in [-0.4, -0.2) is 40.4 Å². The lowest BCUT2D eigenvalue weighted by Crippen LogP contribution is -2.42. The molecule has 1 N–H and O–H groups in total. The summed E-state index contributed by atoms with van der Waals surface area (Å²) < 4.78 is 1.81. The van der Waals surface area contributed by atoms with Crippen molar-refractivity contribution in [2.75, 3.05) is 23.7 Å². The molecular formula is C30H29ClN4O2S. The number of benzene rings is 3. The van der Waals surface area contributed by atoms with Crippen molar-refractivity contribution in [1.82, 2.24) is 15.1 Å². The van der Waals surface area contributed by atoms with Gasteiger partial charge in [0.25, 0.3) is 0 Å². The smallest absolute Gasteiger partial charge is 0.240 e. The molecule has 1 aliphatic heterocycles. The minimum atomic E-state index is -0.217. The first kappa shape index (κ1) is 26.1. The SMILES string of the molecule is CCCNC(=O)CN1C(=O)CS[C@@H](c2cccc(Cl)c2)c2c(-c3ccccc3)nn(-c3ccc(C)cc3)c21. The number of rotatable bonds is 7. The van der Waals surface area contributed by atoms with Gasteiger partial charge in [-0.2, -0.15) is 5.10 Å². The van der Waals surface area contributed by atoms with E-state index in [0.29, 0.717) is 17.4 Å². The van der Waals surface area contributed by atoms with E-state index in [0.717, 1.165) is 40.1 Å².